The van der Waals surface area contributed by atoms with E-state index in [0.29, 0.717) is 6.07 Å². The maximum absolute atomic E-state index is 13.4. The smallest absolute Gasteiger partial charge is 0.394 e. The van der Waals surface area contributed by atoms with Gasteiger partial charge in [-0.25, -0.2) is 4.39 Å². The molecule has 7 heteroatoms. The lowest BCUT2D eigenvalue weighted by atomic mass is 10.1. The zero-order chi connectivity index (χ0) is 13.1. The van der Waals surface area contributed by atoms with Crippen molar-refractivity contribution in [1.82, 2.24) is 0 Å². The molecule has 0 bridgehead atoms. The van der Waals surface area contributed by atoms with Gasteiger partial charge in [0.05, 0.1) is 24.0 Å². The van der Waals surface area contributed by atoms with Crippen LogP contribution in [0.15, 0.2) is 18.2 Å². The van der Waals surface area contributed by atoms with E-state index in [0.717, 1.165) is 12.1 Å². The Hall–Kier alpha value is -1.34. The van der Waals surface area contributed by atoms with Gasteiger partial charge in [-0.05, 0) is 12.1 Å². The SMILES string of the molecule is OCC(O)CNc1cccc(C(F)(F)F)c1F. The van der Waals surface area contributed by atoms with Crippen LogP contribution in [0.25, 0.3) is 0 Å². The highest BCUT2D eigenvalue weighted by Gasteiger charge is 2.34. The third kappa shape index (κ3) is 3.57. The molecule has 0 radical (unpaired) electrons. The summed E-state index contributed by atoms with van der Waals surface area (Å²) in [6.45, 7) is -0.803. The Bertz CT molecular complexity index is 381. The van der Waals surface area contributed by atoms with Crippen molar-refractivity contribution in [2.24, 2.45) is 0 Å². The molecule has 0 aliphatic heterocycles. The van der Waals surface area contributed by atoms with Gasteiger partial charge in [-0.15, -0.1) is 0 Å². The largest absolute Gasteiger partial charge is 0.419 e. The minimum atomic E-state index is -4.77. The number of halogens is 4. The van der Waals surface area contributed by atoms with Crippen molar-refractivity contribution >= 4 is 5.69 Å². The van der Waals surface area contributed by atoms with Crippen LogP contribution in [0.3, 0.4) is 0 Å². The summed E-state index contributed by atoms with van der Waals surface area (Å²) in [6.07, 6.45) is -5.93. The molecule has 1 aromatic rings. The van der Waals surface area contributed by atoms with Crippen molar-refractivity contribution in [1.29, 1.82) is 0 Å². The Morgan fingerprint density at radius 2 is 1.94 bits per heavy atom. The molecule has 1 aromatic carbocycles. The van der Waals surface area contributed by atoms with Crippen molar-refractivity contribution in [3.63, 3.8) is 0 Å². The molecule has 1 rings (SSSR count). The van der Waals surface area contributed by atoms with E-state index in [4.69, 9.17) is 10.2 Å². The van der Waals surface area contributed by atoms with E-state index >= 15 is 0 Å². The van der Waals surface area contributed by atoms with Gasteiger partial charge >= 0.3 is 6.18 Å². The molecule has 0 spiro atoms. The van der Waals surface area contributed by atoms with E-state index < -0.39 is 30.3 Å². The molecule has 0 fully saturated rings. The van der Waals surface area contributed by atoms with Crippen LogP contribution >= 0.6 is 0 Å². The first-order chi connectivity index (χ1) is 7.86. The van der Waals surface area contributed by atoms with E-state index in [1.165, 1.54) is 0 Å². The third-order valence-corrected chi connectivity index (χ3v) is 2.04. The molecule has 3 N–H and O–H groups in total. The number of aliphatic hydroxyl groups excluding tert-OH is 2. The van der Waals surface area contributed by atoms with Gasteiger partial charge in [0.1, 0.15) is 0 Å². The minimum absolute atomic E-state index is 0.241. The molecule has 0 amide bonds. The number of benzene rings is 1. The predicted octanol–water partition coefficient (Wildman–Crippen LogP) is 1.61. The number of aliphatic hydroxyl groups is 2. The Morgan fingerprint density at radius 1 is 1.29 bits per heavy atom. The number of hydrogen-bond acceptors (Lipinski definition) is 3. The van der Waals surface area contributed by atoms with Crippen molar-refractivity contribution in [3.05, 3.63) is 29.6 Å². The van der Waals surface area contributed by atoms with Crippen LogP contribution in [-0.2, 0) is 6.18 Å². The molecule has 1 unspecified atom stereocenters. The molecule has 0 saturated heterocycles. The highest BCUT2D eigenvalue weighted by Crippen LogP contribution is 2.33. The van der Waals surface area contributed by atoms with Crippen molar-refractivity contribution in [2.75, 3.05) is 18.5 Å². The second-order valence-corrected chi connectivity index (χ2v) is 3.38. The number of alkyl halides is 3. The van der Waals surface area contributed by atoms with Gasteiger partial charge in [0, 0.05) is 6.54 Å². The molecule has 1 atom stereocenters. The Balaban J connectivity index is 2.88. The van der Waals surface area contributed by atoms with Crippen molar-refractivity contribution < 1.29 is 27.8 Å². The van der Waals surface area contributed by atoms with E-state index in [-0.39, 0.29) is 12.2 Å². The normalized spacial score (nSPS) is 13.5. The fraction of sp³-hybridized carbons (Fsp3) is 0.400. The topological polar surface area (TPSA) is 52.5 Å². The lowest BCUT2D eigenvalue weighted by Gasteiger charge is -2.14. The summed E-state index contributed by atoms with van der Waals surface area (Å²) in [5.41, 5.74) is -1.74. The summed E-state index contributed by atoms with van der Waals surface area (Å²) >= 11 is 0. The van der Waals surface area contributed by atoms with Gasteiger partial charge in [0.2, 0.25) is 0 Å². The Morgan fingerprint density at radius 3 is 2.47 bits per heavy atom. The fourth-order valence-corrected chi connectivity index (χ4v) is 1.18. The van der Waals surface area contributed by atoms with E-state index in [9.17, 15) is 17.6 Å². The molecule has 0 heterocycles. The number of anilines is 1. The van der Waals surface area contributed by atoms with E-state index in [1.54, 1.807) is 0 Å². The zero-order valence-corrected chi connectivity index (χ0v) is 8.63. The Labute approximate surface area is 94.7 Å². The zero-order valence-electron chi connectivity index (χ0n) is 8.63. The standard InChI is InChI=1S/C10H11F4NO2/c11-9-7(10(12,13)14)2-1-3-8(9)15-4-6(17)5-16/h1-3,6,15-17H,4-5H2. The molecule has 96 valence electrons. The van der Waals surface area contributed by atoms with Gasteiger partial charge in [-0.2, -0.15) is 13.2 Å². The van der Waals surface area contributed by atoms with Crippen LogP contribution in [0, 0.1) is 5.82 Å². The summed E-state index contributed by atoms with van der Waals surface area (Å²) in [5.74, 6) is -1.43. The average Bonchev–Trinajstić information content (AvgIpc) is 2.25. The van der Waals surface area contributed by atoms with Gasteiger partial charge in [0.25, 0.3) is 0 Å². The van der Waals surface area contributed by atoms with Gasteiger partial charge in [-0.1, -0.05) is 6.07 Å². The average molecular weight is 253 g/mol. The van der Waals surface area contributed by atoms with Crippen LogP contribution in [0.2, 0.25) is 0 Å². The maximum atomic E-state index is 13.4. The number of rotatable bonds is 4. The lowest BCUT2D eigenvalue weighted by molar-refractivity contribution is -0.139. The lowest BCUT2D eigenvalue weighted by Crippen LogP contribution is -2.23. The monoisotopic (exact) mass is 253 g/mol. The summed E-state index contributed by atoms with van der Waals surface area (Å²) in [4.78, 5) is 0. The molecule has 17 heavy (non-hydrogen) atoms. The van der Waals surface area contributed by atoms with Gasteiger partial charge in [0.15, 0.2) is 5.82 Å². The second kappa shape index (κ2) is 5.33. The maximum Gasteiger partial charge on any atom is 0.419 e. The molecule has 0 saturated carbocycles. The van der Waals surface area contributed by atoms with Crippen molar-refractivity contribution in [2.45, 2.75) is 12.3 Å². The molecular weight excluding hydrogens is 242 g/mol. The number of hydrogen-bond donors (Lipinski definition) is 3. The minimum Gasteiger partial charge on any atom is -0.394 e. The van der Waals surface area contributed by atoms with Crippen LogP contribution in [0.1, 0.15) is 5.56 Å². The summed E-state index contributed by atoms with van der Waals surface area (Å²) in [7, 11) is 0. The first-order valence-electron chi connectivity index (χ1n) is 4.74. The highest BCUT2D eigenvalue weighted by molar-refractivity contribution is 5.48. The molecule has 0 aromatic heterocycles. The van der Waals surface area contributed by atoms with Gasteiger partial charge in [-0.3, -0.25) is 0 Å². The van der Waals surface area contributed by atoms with Crippen LogP contribution in [-0.4, -0.2) is 29.5 Å². The van der Waals surface area contributed by atoms with Crippen LogP contribution in [0.5, 0.6) is 0 Å². The van der Waals surface area contributed by atoms with Crippen molar-refractivity contribution in [3.8, 4) is 0 Å². The predicted molar refractivity (Wildman–Crippen MR) is 53.0 cm³/mol. The fourth-order valence-electron chi connectivity index (χ4n) is 1.18. The Kier molecular flexibility index (Phi) is 4.30. The first-order valence-corrected chi connectivity index (χ1v) is 4.74. The van der Waals surface area contributed by atoms with E-state index in [2.05, 4.69) is 5.32 Å². The third-order valence-electron chi connectivity index (χ3n) is 2.04. The van der Waals surface area contributed by atoms with Crippen LogP contribution in [0.4, 0.5) is 23.2 Å². The first kappa shape index (κ1) is 13.7. The summed E-state index contributed by atoms with van der Waals surface area (Å²) in [6, 6.07) is 2.80. The molecule has 0 aliphatic carbocycles. The summed E-state index contributed by atoms with van der Waals surface area (Å²) < 4.78 is 50.4. The quantitative estimate of drug-likeness (QED) is 0.714. The number of nitrogens with one attached hydrogen (secondary N) is 1. The molecular formula is C10H11F4NO2. The van der Waals surface area contributed by atoms with E-state index in [1.807, 2.05) is 0 Å². The van der Waals surface area contributed by atoms with Crippen LogP contribution < -0.4 is 5.32 Å². The molecule has 0 aliphatic rings. The summed E-state index contributed by atoms with van der Waals surface area (Å²) in [5, 5.41) is 19.8. The molecule has 3 nitrogen and oxygen atoms in total. The van der Waals surface area contributed by atoms with Gasteiger partial charge < -0.3 is 15.5 Å². The second-order valence-electron chi connectivity index (χ2n) is 3.38. The highest BCUT2D eigenvalue weighted by atomic mass is 19.4.